The highest BCUT2D eigenvalue weighted by molar-refractivity contribution is 6.32. The molecule has 7 heteroatoms. The number of hydrogen-bond donors (Lipinski definition) is 0. The van der Waals surface area contributed by atoms with Crippen LogP contribution in [-0.2, 0) is 9.53 Å². The van der Waals surface area contributed by atoms with Crippen LogP contribution in [0, 0.1) is 5.82 Å². The first-order chi connectivity index (χ1) is 12.9. The Hall–Kier alpha value is -2.86. The van der Waals surface area contributed by atoms with Gasteiger partial charge in [0.05, 0.1) is 18.2 Å². The van der Waals surface area contributed by atoms with E-state index in [2.05, 4.69) is 4.99 Å². The van der Waals surface area contributed by atoms with Gasteiger partial charge in [0.1, 0.15) is 5.82 Å². The Morgan fingerprint density at radius 1 is 1.22 bits per heavy atom. The van der Waals surface area contributed by atoms with Crippen LogP contribution in [0.25, 0.3) is 6.08 Å². The molecule has 1 heterocycles. The number of rotatable bonds is 5. The summed E-state index contributed by atoms with van der Waals surface area (Å²) in [6.07, 6.45) is 1.46. The average molecular weight is 390 g/mol. The summed E-state index contributed by atoms with van der Waals surface area (Å²) >= 11 is 6.30. The first kappa shape index (κ1) is 18.9. The summed E-state index contributed by atoms with van der Waals surface area (Å²) in [6, 6.07) is 8.85. The number of benzene rings is 2. The molecule has 0 atom stereocenters. The number of cyclic esters (lactones) is 1. The molecule has 0 aliphatic carbocycles. The van der Waals surface area contributed by atoms with Gasteiger partial charge in [0.2, 0.25) is 5.90 Å². The van der Waals surface area contributed by atoms with E-state index in [4.69, 9.17) is 25.8 Å². The predicted octanol–water partition coefficient (Wildman–Crippen LogP) is 4.62. The van der Waals surface area contributed by atoms with Gasteiger partial charge in [0.15, 0.2) is 17.2 Å². The zero-order chi connectivity index (χ0) is 19.6. The summed E-state index contributed by atoms with van der Waals surface area (Å²) in [4.78, 5) is 16.3. The Bertz CT molecular complexity index is 936. The molecule has 1 aliphatic heterocycles. The highest BCUT2D eigenvalue weighted by Gasteiger charge is 2.24. The van der Waals surface area contributed by atoms with E-state index < -0.39 is 5.97 Å². The number of aliphatic imine (C=N–C) groups is 1. The van der Waals surface area contributed by atoms with Gasteiger partial charge < -0.3 is 14.2 Å². The molecule has 0 N–H and O–H groups in total. The second-order valence-corrected chi connectivity index (χ2v) is 6.45. The molecule has 2 aromatic rings. The first-order valence-corrected chi connectivity index (χ1v) is 8.58. The first-order valence-electron chi connectivity index (χ1n) is 8.20. The monoisotopic (exact) mass is 389 g/mol. The van der Waals surface area contributed by atoms with Crippen molar-refractivity contribution in [3.05, 3.63) is 64.1 Å². The van der Waals surface area contributed by atoms with Crippen LogP contribution in [0.4, 0.5) is 4.39 Å². The van der Waals surface area contributed by atoms with Crippen LogP contribution in [0.5, 0.6) is 11.5 Å². The van der Waals surface area contributed by atoms with Crippen molar-refractivity contribution in [1.82, 2.24) is 0 Å². The minimum Gasteiger partial charge on any atom is -0.493 e. The van der Waals surface area contributed by atoms with Crippen LogP contribution < -0.4 is 9.47 Å². The van der Waals surface area contributed by atoms with E-state index in [1.807, 2.05) is 13.8 Å². The number of nitrogens with zero attached hydrogens (tertiary/aromatic N) is 1. The van der Waals surface area contributed by atoms with Crippen molar-refractivity contribution >= 4 is 29.5 Å². The van der Waals surface area contributed by atoms with E-state index in [-0.39, 0.29) is 23.5 Å². The molecule has 2 aromatic carbocycles. The Morgan fingerprint density at radius 3 is 2.56 bits per heavy atom. The van der Waals surface area contributed by atoms with Crippen molar-refractivity contribution < 1.29 is 23.4 Å². The molecule has 0 amide bonds. The quantitative estimate of drug-likeness (QED) is 0.553. The lowest BCUT2D eigenvalue weighted by Crippen LogP contribution is -2.07. The van der Waals surface area contributed by atoms with Crippen molar-refractivity contribution in [3.8, 4) is 11.5 Å². The molecule has 1 aliphatic rings. The Balaban J connectivity index is 1.95. The van der Waals surface area contributed by atoms with E-state index >= 15 is 0 Å². The lowest BCUT2D eigenvalue weighted by atomic mass is 10.1. The van der Waals surface area contributed by atoms with Gasteiger partial charge in [-0.05, 0) is 61.9 Å². The van der Waals surface area contributed by atoms with Crippen LogP contribution in [0.1, 0.15) is 25.0 Å². The van der Waals surface area contributed by atoms with E-state index in [0.717, 1.165) is 0 Å². The number of halogens is 2. The minimum atomic E-state index is -0.605. The molecular formula is C20H17ClFNO4. The number of esters is 1. The molecule has 0 aromatic heterocycles. The zero-order valence-electron chi connectivity index (χ0n) is 15.0. The number of ether oxygens (including phenoxy) is 3. The molecule has 27 heavy (non-hydrogen) atoms. The molecule has 5 nitrogen and oxygen atoms in total. The molecule has 3 rings (SSSR count). The number of methoxy groups -OCH3 is 1. The maximum atomic E-state index is 13.0. The third kappa shape index (κ3) is 4.28. The Kier molecular flexibility index (Phi) is 5.46. The maximum absolute atomic E-state index is 13.0. The van der Waals surface area contributed by atoms with Crippen LogP contribution in [0.2, 0.25) is 5.02 Å². The molecule has 0 unspecified atom stereocenters. The Labute approximate surface area is 161 Å². The summed E-state index contributed by atoms with van der Waals surface area (Å²) in [5, 5.41) is 0.351. The van der Waals surface area contributed by atoms with Crippen molar-refractivity contribution in [1.29, 1.82) is 0 Å². The van der Waals surface area contributed by atoms with Crippen molar-refractivity contribution in [3.63, 3.8) is 0 Å². The normalized spacial score (nSPS) is 15.1. The van der Waals surface area contributed by atoms with Gasteiger partial charge in [-0.2, -0.15) is 0 Å². The van der Waals surface area contributed by atoms with Gasteiger partial charge in [-0.1, -0.05) is 11.6 Å². The molecule has 0 saturated carbocycles. The van der Waals surface area contributed by atoms with Crippen LogP contribution in [0.3, 0.4) is 0 Å². The number of carbonyl (C=O) groups excluding carboxylic acids is 1. The molecule has 0 bridgehead atoms. The fourth-order valence-electron chi connectivity index (χ4n) is 2.46. The van der Waals surface area contributed by atoms with E-state index in [1.165, 1.54) is 37.5 Å². The van der Waals surface area contributed by atoms with Crippen molar-refractivity contribution in [2.24, 2.45) is 4.99 Å². The number of carbonyl (C=O) groups is 1. The van der Waals surface area contributed by atoms with Gasteiger partial charge in [-0.3, -0.25) is 0 Å². The average Bonchev–Trinajstić information content (AvgIpc) is 2.98. The second kappa shape index (κ2) is 7.80. The molecule has 0 saturated heterocycles. The molecular weight excluding hydrogens is 373 g/mol. The summed E-state index contributed by atoms with van der Waals surface area (Å²) in [5.41, 5.74) is 1.21. The van der Waals surface area contributed by atoms with E-state index in [9.17, 15) is 9.18 Å². The van der Waals surface area contributed by atoms with Crippen LogP contribution in [0.15, 0.2) is 47.1 Å². The van der Waals surface area contributed by atoms with Gasteiger partial charge >= 0.3 is 5.97 Å². The maximum Gasteiger partial charge on any atom is 0.363 e. The summed E-state index contributed by atoms with van der Waals surface area (Å²) in [5.74, 6) is -0.00107. The standard InChI is InChI=1S/C20H17ClFNO4/c1-11(2)26-18-15(21)8-12(10-17(18)25-3)9-16-20(24)27-19(23-16)13-4-6-14(22)7-5-13/h4-11H,1-3H3/b16-9-. The van der Waals surface area contributed by atoms with E-state index in [0.29, 0.717) is 27.6 Å². The lowest BCUT2D eigenvalue weighted by Gasteiger charge is -2.15. The van der Waals surface area contributed by atoms with Crippen LogP contribution in [-0.4, -0.2) is 25.1 Å². The van der Waals surface area contributed by atoms with Gasteiger partial charge in [0, 0.05) is 5.56 Å². The lowest BCUT2D eigenvalue weighted by molar-refractivity contribution is -0.129. The topological polar surface area (TPSA) is 57.1 Å². The van der Waals surface area contributed by atoms with Crippen molar-refractivity contribution in [2.75, 3.05) is 7.11 Å². The predicted molar refractivity (Wildman–Crippen MR) is 101 cm³/mol. The number of hydrogen-bond acceptors (Lipinski definition) is 5. The van der Waals surface area contributed by atoms with Gasteiger partial charge in [-0.15, -0.1) is 0 Å². The van der Waals surface area contributed by atoms with Crippen LogP contribution >= 0.6 is 11.6 Å². The zero-order valence-corrected chi connectivity index (χ0v) is 15.7. The van der Waals surface area contributed by atoms with Gasteiger partial charge in [-0.25, -0.2) is 14.2 Å². The Morgan fingerprint density at radius 2 is 1.93 bits per heavy atom. The molecule has 0 spiro atoms. The minimum absolute atomic E-state index is 0.0757. The summed E-state index contributed by atoms with van der Waals surface area (Å²) in [6.45, 7) is 3.76. The smallest absolute Gasteiger partial charge is 0.363 e. The second-order valence-electron chi connectivity index (χ2n) is 6.04. The summed E-state index contributed by atoms with van der Waals surface area (Å²) < 4.78 is 29.2. The van der Waals surface area contributed by atoms with Crippen molar-refractivity contribution in [2.45, 2.75) is 20.0 Å². The third-order valence-electron chi connectivity index (χ3n) is 3.62. The highest BCUT2D eigenvalue weighted by Crippen LogP contribution is 2.38. The fraction of sp³-hybridized carbons (Fsp3) is 0.200. The van der Waals surface area contributed by atoms with Gasteiger partial charge in [0.25, 0.3) is 0 Å². The molecule has 0 fully saturated rings. The fourth-order valence-corrected chi connectivity index (χ4v) is 2.72. The summed E-state index contributed by atoms with van der Waals surface area (Å²) in [7, 11) is 1.50. The molecule has 0 radical (unpaired) electrons. The van der Waals surface area contributed by atoms with E-state index in [1.54, 1.807) is 12.1 Å². The SMILES string of the molecule is COc1cc(/C=C2\N=C(c3ccc(F)cc3)OC2=O)cc(Cl)c1OC(C)C. The highest BCUT2D eigenvalue weighted by atomic mass is 35.5. The molecule has 140 valence electrons. The largest absolute Gasteiger partial charge is 0.493 e. The third-order valence-corrected chi connectivity index (χ3v) is 3.90.